The van der Waals surface area contributed by atoms with Gasteiger partial charge in [0, 0.05) is 28.9 Å². The average Bonchev–Trinajstić information content (AvgIpc) is 2.82. The first-order chi connectivity index (χ1) is 8.40. The average molecular weight is 224 g/mol. The van der Waals surface area contributed by atoms with Crippen molar-refractivity contribution < 1.29 is 4.74 Å². The highest BCUT2D eigenvalue weighted by atomic mass is 16.5. The molecule has 1 N–H and O–H groups in total. The fraction of sp³-hybridized carbons (Fsp3) is 0.0714. The maximum atomic E-state index is 5.34. The topological polar surface area (TPSA) is 37.9 Å². The van der Waals surface area contributed by atoms with Gasteiger partial charge in [0.05, 0.1) is 7.11 Å². The summed E-state index contributed by atoms with van der Waals surface area (Å²) in [7, 11) is 1.66. The molecule has 3 rings (SSSR count). The van der Waals surface area contributed by atoms with Gasteiger partial charge in [-0.15, -0.1) is 0 Å². The fourth-order valence-electron chi connectivity index (χ4n) is 2.02. The normalized spacial score (nSPS) is 10.6. The third-order valence-electron chi connectivity index (χ3n) is 2.83. The van der Waals surface area contributed by atoms with Gasteiger partial charge in [-0.2, -0.15) is 0 Å². The van der Waals surface area contributed by atoms with Crippen LogP contribution in [0.4, 0.5) is 0 Å². The van der Waals surface area contributed by atoms with Gasteiger partial charge >= 0.3 is 0 Å². The Morgan fingerprint density at radius 2 is 2.00 bits per heavy atom. The molecule has 3 heteroatoms. The van der Waals surface area contributed by atoms with Crippen molar-refractivity contribution in [2.24, 2.45) is 0 Å². The zero-order valence-corrected chi connectivity index (χ0v) is 9.47. The summed E-state index contributed by atoms with van der Waals surface area (Å²) in [5.41, 5.74) is 3.04. The van der Waals surface area contributed by atoms with E-state index in [2.05, 4.69) is 16.0 Å². The largest absolute Gasteiger partial charge is 0.494 e. The van der Waals surface area contributed by atoms with Crippen molar-refractivity contribution in [1.29, 1.82) is 0 Å². The van der Waals surface area contributed by atoms with Crippen LogP contribution in [-0.2, 0) is 0 Å². The minimum absolute atomic E-state index is 0.789. The number of nitrogens with zero attached hydrogens (tertiary/aromatic N) is 1. The van der Waals surface area contributed by atoms with Gasteiger partial charge in [0.15, 0.2) is 0 Å². The number of pyridine rings is 1. The van der Waals surface area contributed by atoms with E-state index in [1.54, 1.807) is 13.3 Å². The molecule has 3 aromatic rings. The van der Waals surface area contributed by atoms with Crippen LogP contribution < -0.4 is 4.74 Å². The van der Waals surface area contributed by atoms with Gasteiger partial charge in [0.2, 0.25) is 0 Å². The Labute approximate surface area is 99.1 Å². The van der Waals surface area contributed by atoms with E-state index in [-0.39, 0.29) is 0 Å². The Morgan fingerprint density at radius 1 is 1.12 bits per heavy atom. The van der Waals surface area contributed by atoms with Crippen LogP contribution in [0, 0.1) is 0 Å². The number of hydrogen-bond acceptors (Lipinski definition) is 2. The fourth-order valence-corrected chi connectivity index (χ4v) is 2.02. The molecule has 1 aromatic carbocycles. The highest BCUT2D eigenvalue weighted by molar-refractivity contribution is 5.95. The molecule has 0 bridgehead atoms. The van der Waals surface area contributed by atoms with Crippen molar-refractivity contribution in [3.63, 3.8) is 0 Å². The van der Waals surface area contributed by atoms with Crippen molar-refractivity contribution in [3.8, 4) is 17.0 Å². The molecular weight excluding hydrogens is 212 g/mol. The molecule has 2 aromatic heterocycles. The minimum Gasteiger partial charge on any atom is -0.494 e. The number of methoxy groups -OCH3 is 1. The molecule has 0 atom stereocenters. The molecule has 0 amide bonds. The van der Waals surface area contributed by atoms with Crippen LogP contribution in [0.15, 0.2) is 48.8 Å². The minimum atomic E-state index is 0.789. The second-order valence-corrected chi connectivity index (χ2v) is 3.80. The zero-order valence-electron chi connectivity index (χ0n) is 9.47. The third kappa shape index (κ3) is 1.56. The number of aromatic amines is 1. The van der Waals surface area contributed by atoms with Crippen molar-refractivity contribution in [1.82, 2.24) is 9.97 Å². The predicted octanol–water partition coefficient (Wildman–Crippen LogP) is 3.24. The third-order valence-corrected chi connectivity index (χ3v) is 2.83. The Hall–Kier alpha value is -2.29. The number of H-pyrrole nitrogens is 1. The second kappa shape index (κ2) is 3.94. The van der Waals surface area contributed by atoms with Crippen LogP contribution in [0.3, 0.4) is 0 Å². The van der Waals surface area contributed by atoms with E-state index >= 15 is 0 Å². The monoisotopic (exact) mass is 224 g/mol. The van der Waals surface area contributed by atoms with Crippen molar-refractivity contribution in [2.45, 2.75) is 0 Å². The quantitative estimate of drug-likeness (QED) is 0.725. The molecule has 0 aliphatic heterocycles. The predicted molar refractivity (Wildman–Crippen MR) is 68.1 cm³/mol. The summed E-state index contributed by atoms with van der Waals surface area (Å²) in [5, 5.41) is 1.16. The summed E-state index contributed by atoms with van der Waals surface area (Å²) in [6.07, 6.45) is 3.75. The molecular formula is C14H12N2O. The van der Waals surface area contributed by atoms with E-state index in [1.807, 2.05) is 36.5 Å². The molecule has 0 saturated heterocycles. The number of nitrogens with one attached hydrogen (secondary N) is 1. The molecule has 17 heavy (non-hydrogen) atoms. The smallest absolute Gasteiger partial charge is 0.145 e. The molecule has 0 radical (unpaired) electrons. The van der Waals surface area contributed by atoms with Gasteiger partial charge in [0.25, 0.3) is 0 Å². The van der Waals surface area contributed by atoms with Crippen molar-refractivity contribution >= 4 is 10.9 Å². The van der Waals surface area contributed by atoms with E-state index < -0.39 is 0 Å². The van der Waals surface area contributed by atoms with Gasteiger partial charge in [-0.05, 0) is 18.2 Å². The standard InChI is InChI=1S/C14H12N2O/c1-17-13-7-4-8-15-14(13)11-9-16-12-6-3-2-5-10(11)12/h2-9,16H,1H3. The van der Waals surface area contributed by atoms with E-state index in [1.165, 1.54) is 0 Å². The van der Waals surface area contributed by atoms with Gasteiger partial charge in [-0.25, -0.2) is 0 Å². The molecule has 0 spiro atoms. The summed E-state index contributed by atoms with van der Waals surface area (Å²) in [6.45, 7) is 0. The number of ether oxygens (including phenoxy) is 1. The number of rotatable bonds is 2. The highest BCUT2D eigenvalue weighted by Gasteiger charge is 2.11. The van der Waals surface area contributed by atoms with Gasteiger partial charge in [-0.3, -0.25) is 4.98 Å². The Morgan fingerprint density at radius 3 is 2.88 bits per heavy atom. The van der Waals surface area contributed by atoms with E-state index in [0.29, 0.717) is 0 Å². The number of aromatic nitrogens is 2. The lowest BCUT2D eigenvalue weighted by Crippen LogP contribution is -1.89. The number of hydrogen-bond donors (Lipinski definition) is 1. The maximum absolute atomic E-state index is 5.34. The van der Waals surface area contributed by atoms with Gasteiger partial charge < -0.3 is 9.72 Å². The lowest BCUT2D eigenvalue weighted by molar-refractivity contribution is 0.415. The summed E-state index contributed by atoms with van der Waals surface area (Å²) < 4.78 is 5.34. The lowest BCUT2D eigenvalue weighted by atomic mass is 10.1. The first-order valence-electron chi connectivity index (χ1n) is 5.45. The molecule has 84 valence electrons. The summed E-state index contributed by atoms with van der Waals surface area (Å²) >= 11 is 0. The first kappa shape index (κ1) is 9.90. The SMILES string of the molecule is COc1cccnc1-c1c[nH]c2ccccc12. The van der Waals surface area contributed by atoms with Crippen LogP contribution in [0.25, 0.3) is 22.2 Å². The molecule has 2 heterocycles. The highest BCUT2D eigenvalue weighted by Crippen LogP contribution is 2.32. The molecule has 0 aliphatic carbocycles. The number of benzene rings is 1. The summed E-state index contributed by atoms with van der Waals surface area (Å²) in [4.78, 5) is 7.64. The van der Waals surface area contributed by atoms with Crippen molar-refractivity contribution in [3.05, 3.63) is 48.8 Å². The van der Waals surface area contributed by atoms with Gasteiger partial charge in [0.1, 0.15) is 11.4 Å². The maximum Gasteiger partial charge on any atom is 0.145 e. The van der Waals surface area contributed by atoms with Crippen LogP contribution >= 0.6 is 0 Å². The van der Waals surface area contributed by atoms with E-state index in [0.717, 1.165) is 27.9 Å². The lowest BCUT2D eigenvalue weighted by Gasteiger charge is -2.05. The van der Waals surface area contributed by atoms with Crippen LogP contribution in [0.1, 0.15) is 0 Å². The molecule has 0 fully saturated rings. The van der Waals surface area contributed by atoms with Crippen LogP contribution in [0.2, 0.25) is 0 Å². The number of fused-ring (bicyclic) bond motifs is 1. The molecule has 0 saturated carbocycles. The van der Waals surface area contributed by atoms with Crippen molar-refractivity contribution in [2.75, 3.05) is 7.11 Å². The van der Waals surface area contributed by atoms with Crippen LogP contribution in [0.5, 0.6) is 5.75 Å². The summed E-state index contributed by atoms with van der Waals surface area (Å²) in [6, 6.07) is 12.0. The Balaban J connectivity index is 2.27. The van der Waals surface area contributed by atoms with E-state index in [4.69, 9.17) is 4.74 Å². The zero-order chi connectivity index (χ0) is 11.7. The summed E-state index contributed by atoms with van der Waals surface area (Å²) in [5.74, 6) is 0.789. The first-order valence-corrected chi connectivity index (χ1v) is 5.45. The van der Waals surface area contributed by atoms with E-state index in [9.17, 15) is 0 Å². The molecule has 0 aliphatic rings. The Bertz CT molecular complexity index is 658. The number of para-hydroxylation sites is 1. The molecule has 3 nitrogen and oxygen atoms in total. The Kier molecular flexibility index (Phi) is 2.29. The van der Waals surface area contributed by atoms with Gasteiger partial charge in [-0.1, -0.05) is 18.2 Å². The second-order valence-electron chi connectivity index (χ2n) is 3.80. The molecule has 0 unspecified atom stereocenters. The van der Waals surface area contributed by atoms with Crippen LogP contribution in [-0.4, -0.2) is 17.1 Å².